The minimum Gasteiger partial charge on any atom is -0.351 e. The summed E-state index contributed by atoms with van der Waals surface area (Å²) in [6.07, 6.45) is 2.00. The Morgan fingerprint density at radius 3 is 2.60 bits per heavy atom. The van der Waals surface area contributed by atoms with Gasteiger partial charge in [0.1, 0.15) is 0 Å². The molecular formula is C12H15NOY-2. The summed E-state index contributed by atoms with van der Waals surface area (Å²) in [5, 5.41) is 0. The molecule has 0 saturated heterocycles. The number of carbonyl (C=O) groups is 1. The number of benzene rings is 1. The van der Waals surface area contributed by atoms with Crippen LogP contribution < -0.4 is 0 Å². The third-order valence-electron chi connectivity index (χ3n) is 1.93. The van der Waals surface area contributed by atoms with Crippen LogP contribution in [0, 0.1) is 12.5 Å². The molecule has 1 aliphatic rings. The van der Waals surface area contributed by atoms with Crippen molar-refractivity contribution in [2.75, 3.05) is 7.05 Å². The maximum Gasteiger partial charge on any atom is 0.228 e. The van der Waals surface area contributed by atoms with Gasteiger partial charge in [-0.25, -0.2) is 0 Å². The maximum absolute atomic E-state index is 11.3. The van der Waals surface area contributed by atoms with E-state index in [2.05, 4.69) is 6.07 Å². The molecule has 0 atom stereocenters. The van der Waals surface area contributed by atoms with Crippen LogP contribution in [0.2, 0.25) is 0 Å². The van der Waals surface area contributed by atoms with Crippen molar-refractivity contribution in [3.63, 3.8) is 0 Å². The molecule has 1 heterocycles. The van der Waals surface area contributed by atoms with Gasteiger partial charge in [-0.3, -0.25) is 4.79 Å². The number of carbonyl (C=O) groups excluding carboxylic acids is 1. The predicted molar refractivity (Wildman–Crippen MR) is 56.7 cm³/mol. The molecule has 0 fully saturated rings. The molecule has 1 radical (unpaired) electrons. The van der Waals surface area contributed by atoms with Crippen molar-refractivity contribution in [1.29, 1.82) is 0 Å². The fourth-order valence-electron chi connectivity index (χ4n) is 1.34. The Labute approximate surface area is 117 Å². The van der Waals surface area contributed by atoms with Crippen molar-refractivity contribution >= 4 is 5.91 Å². The van der Waals surface area contributed by atoms with Crippen LogP contribution in [-0.4, -0.2) is 17.9 Å². The van der Waals surface area contributed by atoms with Crippen molar-refractivity contribution < 1.29 is 37.5 Å². The van der Waals surface area contributed by atoms with E-state index in [9.17, 15) is 4.79 Å². The van der Waals surface area contributed by atoms with Crippen LogP contribution in [0.4, 0.5) is 0 Å². The fraction of sp³-hybridized carbons (Fsp3) is 0.333. The first kappa shape index (κ1) is 14.8. The van der Waals surface area contributed by atoms with Crippen LogP contribution in [0.3, 0.4) is 0 Å². The van der Waals surface area contributed by atoms with Crippen LogP contribution >= 0.6 is 0 Å². The Hall–Kier alpha value is -0.206. The van der Waals surface area contributed by atoms with E-state index in [0.717, 1.165) is 17.7 Å². The molecule has 0 bridgehead atoms. The third kappa shape index (κ3) is 3.69. The Morgan fingerprint density at radius 1 is 1.47 bits per heavy atom. The van der Waals surface area contributed by atoms with Gasteiger partial charge in [0.25, 0.3) is 0 Å². The molecule has 1 aliphatic heterocycles. The van der Waals surface area contributed by atoms with E-state index < -0.39 is 0 Å². The molecule has 0 saturated carbocycles. The summed E-state index contributed by atoms with van der Waals surface area (Å²) < 4.78 is 0. The van der Waals surface area contributed by atoms with Gasteiger partial charge in [-0.2, -0.15) is 38.1 Å². The van der Waals surface area contributed by atoms with Gasteiger partial charge < -0.3 is 11.3 Å². The quantitative estimate of drug-likeness (QED) is 0.667. The number of rotatable bonds is 0. The standard InChI is InChI=1S/C9H8NO.C3H7.Y/c1-10-6-7-4-2-3-5-8(7)9(10)11;1-3-2;/h3-5H,6H2,1H3;3H,1-2H3;/q2*-1;. The molecule has 1 aromatic rings. The summed E-state index contributed by atoms with van der Waals surface area (Å²) >= 11 is 0. The minimum atomic E-state index is 0. The molecule has 1 amide bonds. The van der Waals surface area contributed by atoms with Crippen LogP contribution in [0.5, 0.6) is 0 Å². The number of fused-ring (bicyclic) bond motifs is 1. The van der Waals surface area contributed by atoms with Crippen molar-refractivity contribution in [2.45, 2.75) is 20.4 Å². The van der Waals surface area contributed by atoms with Gasteiger partial charge in [-0.15, -0.1) is 5.56 Å². The Morgan fingerprint density at radius 2 is 2.07 bits per heavy atom. The van der Waals surface area contributed by atoms with Crippen molar-refractivity contribution in [2.24, 2.45) is 0 Å². The van der Waals surface area contributed by atoms with E-state index >= 15 is 0 Å². The monoisotopic (exact) mass is 278 g/mol. The van der Waals surface area contributed by atoms with Gasteiger partial charge in [0.15, 0.2) is 0 Å². The van der Waals surface area contributed by atoms with Gasteiger partial charge in [0, 0.05) is 46.3 Å². The average molecular weight is 278 g/mol. The van der Waals surface area contributed by atoms with Crippen LogP contribution in [0.25, 0.3) is 0 Å². The molecule has 0 spiro atoms. The Bertz CT molecular complexity index is 325. The molecule has 15 heavy (non-hydrogen) atoms. The summed E-state index contributed by atoms with van der Waals surface area (Å²) in [6.45, 7) is 4.73. The normalized spacial score (nSPS) is 12.5. The van der Waals surface area contributed by atoms with Gasteiger partial charge in [-0.05, 0) is 0 Å². The first-order chi connectivity index (χ1) is 6.70. The number of amides is 1. The molecule has 0 N–H and O–H groups in total. The van der Waals surface area contributed by atoms with Crippen LogP contribution in [-0.2, 0) is 39.3 Å². The summed E-state index contributed by atoms with van der Waals surface area (Å²) in [5.74, 6) is 0.119. The van der Waals surface area contributed by atoms with E-state index in [4.69, 9.17) is 0 Å². The fourth-order valence-corrected chi connectivity index (χ4v) is 1.34. The predicted octanol–water partition coefficient (Wildman–Crippen LogP) is 2.30. The molecule has 0 aromatic heterocycles. The van der Waals surface area contributed by atoms with E-state index in [0.29, 0.717) is 0 Å². The second-order valence-corrected chi connectivity index (χ2v) is 3.32. The first-order valence-corrected chi connectivity index (χ1v) is 4.69. The van der Waals surface area contributed by atoms with E-state index in [1.54, 1.807) is 11.0 Å². The summed E-state index contributed by atoms with van der Waals surface area (Å²) in [4.78, 5) is 13.0. The Kier molecular flexibility index (Phi) is 7.03. The second kappa shape index (κ2) is 7.13. The molecule has 1 aromatic carbocycles. The third-order valence-corrected chi connectivity index (χ3v) is 1.93. The molecule has 2 nitrogen and oxygen atoms in total. The van der Waals surface area contributed by atoms with E-state index in [-0.39, 0.29) is 38.6 Å². The smallest absolute Gasteiger partial charge is 0.228 e. The van der Waals surface area contributed by atoms with Crippen LogP contribution in [0.1, 0.15) is 29.8 Å². The number of nitrogens with zero attached hydrogens (tertiary/aromatic N) is 1. The van der Waals surface area contributed by atoms with E-state index in [1.807, 2.05) is 39.4 Å². The van der Waals surface area contributed by atoms with Gasteiger partial charge in [0.2, 0.25) is 5.91 Å². The summed E-state index contributed by atoms with van der Waals surface area (Å²) in [5.41, 5.74) is 1.91. The largest absolute Gasteiger partial charge is 0.351 e. The van der Waals surface area contributed by atoms with Gasteiger partial charge >= 0.3 is 0 Å². The molecule has 2 rings (SSSR count). The second-order valence-electron chi connectivity index (χ2n) is 3.32. The summed E-state index contributed by atoms with van der Waals surface area (Å²) in [7, 11) is 1.81. The molecule has 0 unspecified atom stereocenters. The SMILES string of the molecule is CN1Cc2c[c-]ccc2C1=O.C[CH-]C.[Y]. The maximum atomic E-state index is 11.3. The zero-order valence-corrected chi connectivity index (χ0v) is 12.3. The zero-order chi connectivity index (χ0) is 10.6. The topological polar surface area (TPSA) is 20.3 Å². The van der Waals surface area contributed by atoms with Gasteiger partial charge in [-0.1, -0.05) is 5.56 Å². The van der Waals surface area contributed by atoms with Crippen molar-refractivity contribution in [1.82, 2.24) is 4.90 Å². The van der Waals surface area contributed by atoms with E-state index in [1.165, 1.54) is 0 Å². The van der Waals surface area contributed by atoms with Crippen LogP contribution in [0.15, 0.2) is 18.2 Å². The van der Waals surface area contributed by atoms with Crippen molar-refractivity contribution in [3.8, 4) is 0 Å². The van der Waals surface area contributed by atoms with Gasteiger partial charge in [0.05, 0.1) is 0 Å². The molecule has 0 aliphatic carbocycles. The molecule has 3 heteroatoms. The first-order valence-electron chi connectivity index (χ1n) is 4.69. The number of hydrogen-bond acceptors (Lipinski definition) is 1. The zero-order valence-electron chi connectivity index (χ0n) is 9.45. The number of hydrogen-bond donors (Lipinski definition) is 0. The summed E-state index contributed by atoms with van der Waals surface area (Å²) in [6, 6.07) is 8.42. The minimum absolute atomic E-state index is 0. The van der Waals surface area contributed by atoms with Crippen molar-refractivity contribution in [3.05, 3.63) is 41.8 Å². The Balaban J connectivity index is 0.000000443. The average Bonchev–Trinajstić information content (AvgIpc) is 2.45. The molecule has 79 valence electrons. The molecular weight excluding hydrogens is 263 g/mol.